The number of nitrogens with zero attached hydrogens (tertiary/aromatic N) is 2. The summed E-state index contributed by atoms with van der Waals surface area (Å²) in [6.07, 6.45) is 2.68. The van der Waals surface area contributed by atoms with Crippen molar-refractivity contribution in [3.05, 3.63) is 46.2 Å². The van der Waals surface area contributed by atoms with Crippen LogP contribution in [0.2, 0.25) is 0 Å². The van der Waals surface area contributed by atoms with E-state index in [4.69, 9.17) is 4.74 Å². The van der Waals surface area contributed by atoms with Crippen LogP contribution in [0, 0.1) is 0 Å². The summed E-state index contributed by atoms with van der Waals surface area (Å²) in [6, 6.07) is 7.28. The van der Waals surface area contributed by atoms with Crippen LogP contribution in [0.5, 0.6) is 0 Å². The van der Waals surface area contributed by atoms with Gasteiger partial charge in [-0.25, -0.2) is 9.78 Å². The van der Waals surface area contributed by atoms with Gasteiger partial charge in [0, 0.05) is 6.20 Å². The fourth-order valence-electron chi connectivity index (χ4n) is 1.79. The first-order valence-electron chi connectivity index (χ1n) is 6.44. The Kier molecular flexibility index (Phi) is 4.84. The second-order valence-electron chi connectivity index (χ2n) is 4.19. The smallest absolute Gasteiger partial charge is 0.338 e. The van der Waals surface area contributed by atoms with Gasteiger partial charge in [-0.3, -0.25) is 4.98 Å². The molecular weight excluding hydrogens is 320 g/mol. The highest BCUT2D eigenvalue weighted by Gasteiger charge is 2.12. The Balaban J connectivity index is 2.43. The fraction of sp³-hybridized carbons (Fsp3) is 0.267. The number of ether oxygens (including phenoxy) is 1. The zero-order valence-electron chi connectivity index (χ0n) is 11.4. The molecule has 0 saturated carbocycles. The summed E-state index contributed by atoms with van der Waals surface area (Å²) >= 11 is 3.32. The van der Waals surface area contributed by atoms with Crippen LogP contribution in [0.4, 0.5) is 0 Å². The van der Waals surface area contributed by atoms with E-state index in [1.165, 1.54) is 5.56 Å². The third kappa shape index (κ3) is 3.42. The van der Waals surface area contributed by atoms with Crippen molar-refractivity contribution in [1.29, 1.82) is 0 Å². The maximum absolute atomic E-state index is 11.8. The summed E-state index contributed by atoms with van der Waals surface area (Å²) in [4.78, 5) is 20.5. The molecule has 0 aliphatic carbocycles. The van der Waals surface area contributed by atoms with Crippen molar-refractivity contribution in [1.82, 2.24) is 9.97 Å². The molecule has 20 heavy (non-hydrogen) atoms. The van der Waals surface area contributed by atoms with Crippen molar-refractivity contribution in [2.75, 3.05) is 6.61 Å². The van der Waals surface area contributed by atoms with Gasteiger partial charge in [0.05, 0.1) is 23.6 Å². The SMILES string of the molecule is CCOC(=O)c1cc(Br)nc(-c2cc(CC)ccn2)c1. The van der Waals surface area contributed by atoms with Gasteiger partial charge < -0.3 is 4.74 Å². The predicted molar refractivity (Wildman–Crippen MR) is 80.5 cm³/mol. The fourth-order valence-corrected chi connectivity index (χ4v) is 2.23. The molecule has 0 aliphatic rings. The van der Waals surface area contributed by atoms with Crippen molar-refractivity contribution >= 4 is 21.9 Å². The highest BCUT2D eigenvalue weighted by Crippen LogP contribution is 2.21. The van der Waals surface area contributed by atoms with Crippen LogP contribution in [0.15, 0.2) is 35.1 Å². The Morgan fingerprint density at radius 3 is 2.75 bits per heavy atom. The molecule has 0 radical (unpaired) electrons. The number of pyridine rings is 2. The number of hydrogen-bond acceptors (Lipinski definition) is 4. The Labute approximate surface area is 126 Å². The van der Waals surface area contributed by atoms with Gasteiger partial charge in [-0.15, -0.1) is 0 Å². The van der Waals surface area contributed by atoms with Gasteiger partial charge in [0.2, 0.25) is 0 Å². The van der Waals surface area contributed by atoms with Crippen LogP contribution in [0.25, 0.3) is 11.4 Å². The molecule has 0 unspecified atom stereocenters. The number of rotatable bonds is 4. The number of esters is 1. The van der Waals surface area contributed by atoms with Gasteiger partial charge in [0.15, 0.2) is 0 Å². The zero-order valence-corrected chi connectivity index (χ0v) is 13.0. The van der Waals surface area contributed by atoms with Crippen LogP contribution in [0.3, 0.4) is 0 Å². The van der Waals surface area contributed by atoms with Crippen molar-refractivity contribution < 1.29 is 9.53 Å². The maximum atomic E-state index is 11.8. The van der Waals surface area contributed by atoms with Crippen LogP contribution in [0.1, 0.15) is 29.8 Å². The maximum Gasteiger partial charge on any atom is 0.338 e. The van der Waals surface area contributed by atoms with E-state index in [1.807, 2.05) is 12.1 Å². The third-order valence-electron chi connectivity index (χ3n) is 2.80. The van der Waals surface area contributed by atoms with Crippen molar-refractivity contribution in [3.8, 4) is 11.4 Å². The van der Waals surface area contributed by atoms with Gasteiger partial charge in [-0.2, -0.15) is 0 Å². The molecule has 0 saturated heterocycles. The number of carbonyl (C=O) groups excluding carboxylic acids is 1. The van der Waals surface area contributed by atoms with Gasteiger partial charge in [0.1, 0.15) is 4.60 Å². The Hall–Kier alpha value is -1.75. The summed E-state index contributed by atoms with van der Waals surface area (Å²) < 4.78 is 5.60. The van der Waals surface area contributed by atoms with E-state index in [9.17, 15) is 4.79 Å². The topological polar surface area (TPSA) is 52.1 Å². The number of aromatic nitrogens is 2. The molecule has 0 aliphatic heterocycles. The molecule has 5 heteroatoms. The lowest BCUT2D eigenvalue weighted by Crippen LogP contribution is -2.05. The molecular formula is C15H15BrN2O2. The molecule has 0 bridgehead atoms. The van der Waals surface area contributed by atoms with E-state index in [2.05, 4.69) is 32.8 Å². The standard InChI is InChI=1S/C15H15BrN2O2/c1-3-10-5-6-17-12(7-10)13-8-11(9-14(16)18-13)15(19)20-4-2/h5-9H,3-4H2,1-2H3. The Morgan fingerprint density at radius 2 is 2.05 bits per heavy atom. The summed E-state index contributed by atoms with van der Waals surface area (Å²) in [5, 5.41) is 0. The van der Waals surface area contributed by atoms with Gasteiger partial charge in [0.25, 0.3) is 0 Å². The summed E-state index contributed by atoms with van der Waals surface area (Å²) in [6.45, 7) is 4.20. The van der Waals surface area contributed by atoms with Crippen molar-refractivity contribution in [2.24, 2.45) is 0 Å². The van der Waals surface area contributed by atoms with Crippen LogP contribution in [-0.2, 0) is 11.2 Å². The summed E-state index contributed by atoms with van der Waals surface area (Å²) in [7, 11) is 0. The lowest BCUT2D eigenvalue weighted by molar-refractivity contribution is 0.0526. The van der Waals surface area contributed by atoms with Crippen molar-refractivity contribution in [3.63, 3.8) is 0 Å². The van der Waals surface area contributed by atoms with E-state index in [1.54, 1.807) is 25.3 Å². The highest BCUT2D eigenvalue weighted by atomic mass is 79.9. The molecule has 4 nitrogen and oxygen atoms in total. The molecule has 2 heterocycles. The quantitative estimate of drug-likeness (QED) is 0.632. The van der Waals surface area contributed by atoms with Crippen molar-refractivity contribution in [2.45, 2.75) is 20.3 Å². The average Bonchev–Trinajstić information content (AvgIpc) is 2.47. The average molecular weight is 335 g/mol. The van der Waals surface area contributed by atoms with Gasteiger partial charge in [-0.1, -0.05) is 6.92 Å². The largest absolute Gasteiger partial charge is 0.462 e. The first kappa shape index (κ1) is 14.7. The molecule has 2 aromatic heterocycles. The Bertz CT molecular complexity index is 629. The van der Waals surface area contributed by atoms with Crippen LogP contribution < -0.4 is 0 Å². The van der Waals surface area contributed by atoms with E-state index in [0.29, 0.717) is 22.5 Å². The molecule has 0 aromatic carbocycles. The molecule has 0 N–H and O–H groups in total. The van der Waals surface area contributed by atoms with Gasteiger partial charge >= 0.3 is 5.97 Å². The minimum absolute atomic E-state index is 0.345. The van der Waals surface area contributed by atoms with E-state index in [0.717, 1.165) is 12.1 Å². The van der Waals surface area contributed by atoms with Gasteiger partial charge in [-0.05, 0) is 59.1 Å². The number of halogens is 1. The van der Waals surface area contributed by atoms with E-state index < -0.39 is 0 Å². The number of aryl methyl sites for hydroxylation is 1. The Morgan fingerprint density at radius 1 is 1.25 bits per heavy atom. The van der Waals surface area contributed by atoms with E-state index >= 15 is 0 Å². The molecule has 0 fully saturated rings. The monoisotopic (exact) mass is 334 g/mol. The van der Waals surface area contributed by atoms with Crippen LogP contribution >= 0.6 is 15.9 Å². The highest BCUT2D eigenvalue weighted by molar-refractivity contribution is 9.10. The minimum atomic E-state index is -0.358. The molecule has 0 amide bonds. The lowest BCUT2D eigenvalue weighted by atomic mass is 10.1. The normalized spacial score (nSPS) is 10.3. The lowest BCUT2D eigenvalue weighted by Gasteiger charge is -2.06. The minimum Gasteiger partial charge on any atom is -0.462 e. The predicted octanol–water partition coefficient (Wildman–Crippen LogP) is 3.65. The second-order valence-corrected chi connectivity index (χ2v) is 5.00. The first-order valence-corrected chi connectivity index (χ1v) is 7.23. The molecule has 2 aromatic rings. The van der Waals surface area contributed by atoms with E-state index in [-0.39, 0.29) is 5.97 Å². The zero-order chi connectivity index (χ0) is 14.5. The van der Waals surface area contributed by atoms with Crippen LogP contribution in [-0.4, -0.2) is 22.5 Å². The number of carbonyl (C=O) groups is 1. The third-order valence-corrected chi connectivity index (χ3v) is 3.21. The molecule has 104 valence electrons. The second kappa shape index (κ2) is 6.61. The molecule has 2 rings (SSSR count). The summed E-state index contributed by atoms with van der Waals surface area (Å²) in [5.74, 6) is -0.358. The molecule has 0 atom stereocenters. The molecule has 0 spiro atoms. The first-order chi connectivity index (χ1) is 9.63. The summed E-state index contributed by atoms with van der Waals surface area (Å²) in [5.41, 5.74) is 3.04. The number of hydrogen-bond donors (Lipinski definition) is 0.